The van der Waals surface area contributed by atoms with Crippen molar-refractivity contribution in [2.45, 2.75) is 26.8 Å². The fourth-order valence-electron chi connectivity index (χ4n) is 2.78. The van der Waals surface area contributed by atoms with E-state index in [1.54, 1.807) is 0 Å². The zero-order valence-corrected chi connectivity index (χ0v) is 17.5. The lowest BCUT2D eigenvalue weighted by atomic mass is 10.1. The first-order valence-electron chi connectivity index (χ1n) is 8.93. The summed E-state index contributed by atoms with van der Waals surface area (Å²) in [5.74, 6) is -2.20. The molecule has 0 spiro atoms. The number of hydrogen-bond acceptors (Lipinski definition) is 4. The monoisotopic (exact) mass is 426 g/mol. The Kier molecular flexibility index (Phi) is 7.18. The Morgan fingerprint density at radius 1 is 1.14 bits per heavy atom. The Morgan fingerprint density at radius 3 is 2.45 bits per heavy atom. The minimum atomic E-state index is -3.92. The van der Waals surface area contributed by atoms with E-state index in [2.05, 4.69) is 5.32 Å². The van der Waals surface area contributed by atoms with Gasteiger partial charge in [0.1, 0.15) is 18.4 Å². The van der Waals surface area contributed by atoms with E-state index in [0.717, 1.165) is 39.9 Å². The fraction of sp³-hybridized carbons (Fsp3) is 0.350. The van der Waals surface area contributed by atoms with Crippen molar-refractivity contribution in [2.24, 2.45) is 0 Å². The molecule has 0 bridgehead atoms. The quantitative estimate of drug-likeness (QED) is 0.659. The van der Waals surface area contributed by atoms with Crippen molar-refractivity contribution in [3.8, 4) is 5.75 Å². The summed E-state index contributed by atoms with van der Waals surface area (Å²) in [6.07, 6.45) is 0.891. The molecular weight excluding hydrogens is 402 g/mol. The molecule has 6 nitrogen and oxygen atoms in total. The molecule has 1 N–H and O–H groups in total. The number of rotatable bonds is 8. The lowest BCUT2D eigenvalue weighted by Gasteiger charge is -2.28. The molecule has 2 aromatic rings. The summed E-state index contributed by atoms with van der Waals surface area (Å²) in [6, 6.07) is 7.26. The highest BCUT2D eigenvalue weighted by Gasteiger charge is 2.29. The smallest absolute Gasteiger partial charge is 0.243 e. The van der Waals surface area contributed by atoms with E-state index < -0.39 is 33.6 Å². The second kappa shape index (κ2) is 9.21. The third-order valence-corrected chi connectivity index (χ3v) is 5.49. The number of amides is 1. The van der Waals surface area contributed by atoms with Crippen molar-refractivity contribution >= 4 is 21.6 Å². The molecule has 0 aliphatic carbocycles. The molecule has 1 unspecified atom stereocenters. The van der Waals surface area contributed by atoms with Gasteiger partial charge in [-0.2, -0.15) is 0 Å². The predicted octanol–water partition coefficient (Wildman–Crippen LogP) is 2.93. The van der Waals surface area contributed by atoms with Crippen LogP contribution in [0.15, 0.2) is 36.4 Å². The molecule has 0 heterocycles. The third kappa shape index (κ3) is 5.90. The van der Waals surface area contributed by atoms with Crippen molar-refractivity contribution in [1.29, 1.82) is 0 Å². The maximum Gasteiger partial charge on any atom is 0.243 e. The number of ether oxygens (including phenoxy) is 1. The molecule has 1 atom stereocenters. The zero-order valence-electron chi connectivity index (χ0n) is 16.7. The molecule has 0 aliphatic heterocycles. The summed E-state index contributed by atoms with van der Waals surface area (Å²) in [5, 5.41) is 2.60. The van der Waals surface area contributed by atoms with Crippen molar-refractivity contribution in [2.75, 3.05) is 23.7 Å². The van der Waals surface area contributed by atoms with Crippen LogP contribution in [-0.4, -0.2) is 39.8 Å². The number of carbonyl (C=O) groups is 1. The van der Waals surface area contributed by atoms with E-state index in [1.165, 1.54) is 6.92 Å². The van der Waals surface area contributed by atoms with Gasteiger partial charge in [0.05, 0.1) is 18.5 Å². The van der Waals surface area contributed by atoms with E-state index >= 15 is 0 Å². The van der Waals surface area contributed by atoms with E-state index in [9.17, 15) is 22.0 Å². The van der Waals surface area contributed by atoms with Crippen LogP contribution < -0.4 is 14.4 Å². The number of hydrogen-bond donors (Lipinski definition) is 1. The van der Waals surface area contributed by atoms with Crippen LogP contribution in [0.5, 0.6) is 5.75 Å². The average molecular weight is 426 g/mol. The second-order valence-electron chi connectivity index (χ2n) is 6.74. The standard InChI is InChI=1S/C20H24F2N2O4S/c1-13-5-6-14(2)19(11-13)28-10-9-23-20(25)15(3)24(29(4,26)27)16-7-8-17(21)18(22)12-16/h5-8,11-12,15H,9-10H2,1-4H3,(H,23,25). The maximum atomic E-state index is 13.5. The van der Waals surface area contributed by atoms with Crippen LogP contribution in [0.25, 0.3) is 0 Å². The largest absolute Gasteiger partial charge is 0.491 e. The highest BCUT2D eigenvalue weighted by atomic mass is 32.2. The highest BCUT2D eigenvalue weighted by Crippen LogP contribution is 2.23. The summed E-state index contributed by atoms with van der Waals surface area (Å²) < 4.78 is 57.5. The van der Waals surface area contributed by atoms with Crippen LogP contribution in [0.3, 0.4) is 0 Å². The Labute approximate surface area is 169 Å². The molecule has 1 amide bonds. The first kappa shape index (κ1) is 22.6. The predicted molar refractivity (Wildman–Crippen MR) is 108 cm³/mol. The first-order chi connectivity index (χ1) is 13.5. The minimum absolute atomic E-state index is 0.138. The van der Waals surface area contributed by atoms with E-state index in [-0.39, 0.29) is 18.8 Å². The van der Waals surface area contributed by atoms with Gasteiger partial charge in [0.25, 0.3) is 0 Å². The van der Waals surface area contributed by atoms with E-state index in [0.29, 0.717) is 5.75 Å². The number of carbonyl (C=O) groups excluding carboxylic acids is 1. The van der Waals surface area contributed by atoms with Crippen molar-refractivity contribution in [3.05, 3.63) is 59.2 Å². The van der Waals surface area contributed by atoms with Crippen molar-refractivity contribution in [1.82, 2.24) is 5.32 Å². The molecule has 0 saturated heterocycles. The van der Waals surface area contributed by atoms with Crippen LogP contribution in [0.1, 0.15) is 18.1 Å². The summed E-state index contributed by atoms with van der Waals surface area (Å²) >= 11 is 0. The lowest BCUT2D eigenvalue weighted by Crippen LogP contribution is -2.48. The SMILES string of the molecule is Cc1ccc(C)c(OCCNC(=O)C(C)N(c2ccc(F)c(F)c2)S(C)(=O)=O)c1. The molecule has 0 fully saturated rings. The van der Waals surface area contributed by atoms with E-state index in [1.807, 2.05) is 32.0 Å². The molecule has 0 aromatic heterocycles. The van der Waals surface area contributed by atoms with Crippen molar-refractivity contribution < 1.29 is 26.7 Å². The average Bonchev–Trinajstić information content (AvgIpc) is 2.63. The summed E-state index contributed by atoms with van der Waals surface area (Å²) in [6.45, 7) is 5.54. The van der Waals surface area contributed by atoms with Gasteiger partial charge in [-0.3, -0.25) is 9.10 Å². The van der Waals surface area contributed by atoms with Crippen LogP contribution in [0.4, 0.5) is 14.5 Å². The van der Waals surface area contributed by atoms with Gasteiger partial charge in [-0.15, -0.1) is 0 Å². The van der Waals surface area contributed by atoms with Gasteiger partial charge >= 0.3 is 0 Å². The van der Waals surface area contributed by atoms with E-state index in [4.69, 9.17) is 4.74 Å². The van der Waals surface area contributed by atoms with Crippen LogP contribution in [0, 0.1) is 25.5 Å². The molecule has 29 heavy (non-hydrogen) atoms. The van der Waals surface area contributed by atoms with Gasteiger partial charge in [-0.05, 0) is 50.1 Å². The first-order valence-corrected chi connectivity index (χ1v) is 10.8. The van der Waals surface area contributed by atoms with Gasteiger partial charge in [-0.1, -0.05) is 12.1 Å². The van der Waals surface area contributed by atoms with Gasteiger partial charge < -0.3 is 10.1 Å². The molecular formula is C20H24F2N2O4S. The Hall–Kier alpha value is -2.68. The third-order valence-electron chi connectivity index (χ3n) is 4.25. The summed E-state index contributed by atoms with van der Waals surface area (Å²) in [7, 11) is -3.92. The molecule has 0 radical (unpaired) electrons. The Bertz CT molecular complexity index is 996. The van der Waals surface area contributed by atoms with Crippen LogP contribution in [0.2, 0.25) is 0 Å². The molecule has 2 aromatic carbocycles. The number of nitrogens with zero attached hydrogens (tertiary/aromatic N) is 1. The number of halogens is 2. The summed E-state index contributed by atoms with van der Waals surface area (Å²) in [4.78, 5) is 12.4. The van der Waals surface area contributed by atoms with Gasteiger partial charge in [0.2, 0.25) is 15.9 Å². The van der Waals surface area contributed by atoms with Crippen molar-refractivity contribution in [3.63, 3.8) is 0 Å². The zero-order chi connectivity index (χ0) is 21.8. The normalized spacial score (nSPS) is 12.3. The molecule has 158 valence electrons. The number of benzene rings is 2. The van der Waals surface area contributed by atoms with Crippen LogP contribution >= 0.6 is 0 Å². The number of sulfonamides is 1. The van der Waals surface area contributed by atoms with Gasteiger partial charge in [0, 0.05) is 6.07 Å². The van der Waals surface area contributed by atoms with Crippen LogP contribution in [-0.2, 0) is 14.8 Å². The Morgan fingerprint density at radius 2 is 1.83 bits per heavy atom. The highest BCUT2D eigenvalue weighted by molar-refractivity contribution is 7.92. The maximum absolute atomic E-state index is 13.5. The van der Waals surface area contributed by atoms with Gasteiger partial charge in [-0.25, -0.2) is 17.2 Å². The molecule has 9 heteroatoms. The Balaban J connectivity index is 2.03. The lowest BCUT2D eigenvalue weighted by molar-refractivity contribution is -0.121. The van der Waals surface area contributed by atoms with Gasteiger partial charge in [0.15, 0.2) is 11.6 Å². The second-order valence-corrected chi connectivity index (χ2v) is 8.60. The summed E-state index contributed by atoms with van der Waals surface area (Å²) in [5.41, 5.74) is 1.86. The minimum Gasteiger partial charge on any atom is -0.491 e. The molecule has 0 saturated carbocycles. The molecule has 0 aliphatic rings. The number of aryl methyl sites for hydroxylation is 2. The molecule has 2 rings (SSSR count). The number of nitrogens with one attached hydrogen (secondary N) is 1. The number of anilines is 1. The fourth-order valence-corrected chi connectivity index (χ4v) is 3.94. The topological polar surface area (TPSA) is 75.7 Å².